The first kappa shape index (κ1) is 20.1. The van der Waals surface area contributed by atoms with Crippen LogP contribution in [0.15, 0.2) is 66.4 Å². The van der Waals surface area contributed by atoms with Crippen molar-refractivity contribution in [3.8, 4) is 0 Å². The lowest BCUT2D eigenvalue weighted by molar-refractivity contribution is -0.222. The summed E-state index contributed by atoms with van der Waals surface area (Å²) >= 11 is 0. The molecule has 0 atom stereocenters. The Labute approximate surface area is 168 Å². The Morgan fingerprint density at radius 3 is 2.21 bits per heavy atom. The Kier molecular flexibility index (Phi) is 5.97. The molecule has 1 saturated heterocycles. The highest BCUT2D eigenvalue weighted by Crippen LogP contribution is 2.22. The molecule has 0 bridgehead atoms. The predicted octanol–water partition coefficient (Wildman–Crippen LogP) is 2.79. The summed E-state index contributed by atoms with van der Waals surface area (Å²) in [5.74, 6) is -2.96. The number of carbonyl (C=O) groups is 3. The van der Waals surface area contributed by atoms with Gasteiger partial charge < -0.3 is 20.1 Å². The van der Waals surface area contributed by atoms with E-state index in [4.69, 9.17) is 9.47 Å². The molecule has 0 unspecified atom stereocenters. The quantitative estimate of drug-likeness (QED) is 0.445. The lowest BCUT2D eigenvalue weighted by Gasteiger charge is -2.29. The van der Waals surface area contributed by atoms with Crippen molar-refractivity contribution in [3.63, 3.8) is 0 Å². The number of carbonyl (C=O) groups excluding carboxylic acids is 3. The molecule has 1 fully saturated rings. The van der Waals surface area contributed by atoms with Gasteiger partial charge in [-0.05, 0) is 36.2 Å². The zero-order chi connectivity index (χ0) is 20.9. The average molecular weight is 394 g/mol. The van der Waals surface area contributed by atoms with Crippen LogP contribution >= 0.6 is 0 Å². The number of cyclic esters (lactones) is 2. The summed E-state index contributed by atoms with van der Waals surface area (Å²) < 4.78 is 10.0. The van der Waals surface area contributed by atoms with Crippen molar-refractivity contribution < 1.29 is 23.9 Å². The number of hydrogen-bond donors (Lipinski definition) is 2. The molecule has 0 radical (unpaired) electrons. The molecule has 1 heterocycles. The number of rotatable bonds is 6. The van der Waals surface area contributed by atoms with Gasteiger partial charge in [0.05, 0.1) is 0 Å². The normalized spacial score (nSPS) is 15.2. The van der Waals surface area contributed by atoms with Crippen LogP contribution in [0.5, 0.6) is 0 Å². The minimum atomic E-state index is -1.28. The van der Waals surface area contributed by atoms with Crippen LogP contribution in [0, 0.1) is 0 Å². The largest absolute Gasteiger partial charge is 0.419 e. The number of benzene rings is 2. The van der Waals surface area contributed by atoms with Crippen LogP contribution in [0.25, 0.3) is 0 Å². The smallest absolute Gasteiger partial charge is 0.350 e. The lowest BCUT2D eigenvalue weighted by Crippen LogP contribution is -2.42. The zero-order valence-corrected chi connectivity index (χ0v) is 16.2. The van der Waals surface area contributed by atoms with E-state index in [2.05, 4.69) is 10.6 Å². The fourth-order valence-electron chi connectivity index (χ4n) is 2.72. The molecule has 0 saturated carbocycles. The van der Waals surface area contributed by atoms with E-state index in [1.165, 1.54) is 20.0 Å². The van der Waals surface area contributed by atoms with Gasteiger partial charge in [-0.2, -0.15) is 0 Å². The maximum Gasteiger partial charge on any atom is 0.350 e. The molecule has 7 heteroatoms. The Balaban J connectivity index is 1.54. The maximum atomic E-state index is 12.2. The number of esters is 2. The van der Waals surface area contributed by atoms with Crippen molar-refractivity contribution >= 4 is 23.5 Å². The fourth-order valence-corrected chi connectivity index (χ4v) is 2.72. The van der Waals surface area contributed by atoms with Crippen molar-refractivity contribution in [1.29, 1.82) is 0 Å². The van der Waals surface area contributed by atoms with Gasteiger partial charge in [0.25, 0.3) is 11.7 Å². The minimum absolute atomic E-state index is 0.174. The zero-order valence-electron chi connectivity index (χ0n) is 16.2. The molecular formula is C22H22N2O5. The Bertz CT molecular complexity index is 911. The Morgan fingerprint density at radius 2 is 1.59 bits per heavy atom. The number of anilines is 1. The number of ether oxygens (including phenoxy) is 2. The molecule has 1 amide bonds. The van der Waals surface area contributed by atoms with E-state index in [0.29, 0.717) is 17.8 Å². The summed E-state index contributed by atoms with van der Waals surface area (Å²) in [4.78, 5) is 36.0. The third-order valence-corrected chi connectivity index (χ3v) is 4.19. The van der Waals surface area contributed by atoms with Crippen molar-refractivity contribution in [2.45, 2.75) is 26.1 Å². The van der Waals surface area contributed by atoms with Crippen LogP contribution in [0.1, 0.15) is 29.8 Å². The van der Waals surface area contributed by atoms with Gasteiger partial charge in [0.15, 0.2) is 5.57 Å². The van der Waals surface area contributed by atoms with E-state index in [-0.39, 0.29) is 11.5 Å². The molecular weight excluding hydrogens is 372 g/mol. The second-order valence-corrected chi connectivity index (χ2v) is 6.95. The van der Waals surface area contributed by atoms with E-state index in [0.717, 1.165) is 12.0 Å². The molecule has 2 N–H and O–H groups in total. The topological polar surface area (TPSA) is 93.7 Å². The van der Waals surface area contributed by atoms with Gasteiger partial charge >= 0.3 is 11.9 Å². The molecule has 0 aliphatic carbocycles. The second-order valence-electron chi connectivity index (χ2n) is 6.95. The lowest BCUT2D eigenvalue weighted by atomic mass is 10.1. The summed E-state index contributed by atoms with van der Waals surface area (Å²) in [5.41, 5.74) is 2.04. The van der Waals surface area contributed by atoms with Crippen LogP contribution in [0.4, 0.5) is 5.69 Å². The molecule has 1 aliphatic heterocycles. The summed E-state index contributed by atoms with van der Waals surface area (Å²) in [5, 5.41) is 5.71. The first-order valence-electron chi connectivity index (χ1n) is 9.20. The van der Waals surface area contributed by atoms with Gasteiger partial charge in [-0.15, -0.1) is 0 Å². The molecule has 3 rings (SSSR count). The molecule has 150 valence electrons. The van der Waals surface area contributed by atoms with E-state index in [9.17, 15) is 14.4 Å². The minimum Gasteiger partial charge on any atom is -0.419 e. The van der Waals surface area contributed by atoms with Gasteiger partial charge in [-0.3, -0.25) is 4.79 Å². The van der Waals surface area contributed by atoms with Crippen LogP contribution in [-0.2, 0) is 25.5 Å². The number of nitrogens with one attached hydrogen (secondary N) is 2. The van der Waals surface area contributed by atoms with Crippen molar-refractivity contribution in [2.24, 2.45) is 0 Å². The van der Waals surface area contributed by atoms with Gasteiger partial charge in [0, 0.05) is 37.8 Å². The second kappa shape index (κ2) is 8.60. The number of amides is 1. The van der Waals surface area contributed by atoms with E-state index < -0.39 is 17.7 Å². The van der Waals surface area contributed by atoms with Crippen molar-refractivity contribution in [2.75, 3.05) is 11.9 Å². The molecule has 1 aliphatic rings. The highest BCUT2D eigenvalue weighted by molar-refractivity contribution is 6.15. The van der Waals surface area contributed by atoms with E-state index >= 15 is 0 Å². The fraction of sp³-hybridized carbons (Fsp3) is 0.227. The first-order chi connectivity index (χ1) is 13.8. The Hall–Kier alpha value is -3.61. The van der Waals surface area contributed by atoms with Crippen LogP contribution < -0.4 is 10.6 Å². The molecule has 0 aromatic heterocycles. The van der Waals surface area contributed by atoms with Crippen LogP contribution in [0.2, 0.25) is 0 Å². The maximum absolute atomic E-state index is 12.2. The molecule has 2 aromatic carbocycles. The van der Waals surface area contributed by atoms with E-state index in [1.807, 2.05) is 30.3 Å². The molecule has 2 aromatic rings. The van der Waals surface area contributed by atoms with Crippen molar-refractivity contribution in [1.82, 2.24) is 5.32 Å². The van der Waals surface area contributed by atoms with Gasteiger partial charge in [0.2, 0.25) is 0 Å². The van der Waals surface area contributed by atoms with Crippen molar-refractivity contribution in [3.05, 3.63) is 77.5 Å². The highest BCUT2D eigenvalue weighted by atomic mass is 16.7. The summed E-state index contributed by atoms with van der Waals surface area (Å²) in [6.45, 7) is 3.50. The molecule has 29 heavy (non-hydrogen) atoms. The summed E-state index contributed by atoms with van der Waals surface area (Å²) in [6.07, 6.45) is 1.98. The third kappa shape index (κ3) is 5.44. The monoisotopic (exact) mass is 394 g/mol. The molecule has 0 spiro atoms. The Morgan fingerprint density at radius 1 is 0.966 bits per heavy atom. The number of hydrogen-bond acceptors (Lipinski definition) is 6. The summed E-state index contributed by atoms with van der Waals surface area (Å²) in [6, 6.07) is 16.6. The van der Waals surface area contributed by atoms with Gasteiger partial charge in [-0.1, -0.05) is 30.3 Å². The SMILES string of the molecule is CC1(C)OC(=O)C(=CNc2ccc(C(=O)NCCc3ccccc3)cc2)C(=O)O1. The van der Waals surface area contributed by atoms with Crippen LogP contribution in [-0.4, -0.2) is 30.2 Å². The summed E-state index contributed by atoms with van der Waals surface area (Å²) in [7, 11) is 0. The average Bonchev–Trinajstić information content (AvgIpc) is 2.67. The first-order valence-corrected chi connectivity index (χ1v) is 9.20. The third-order valence-electron chi connectivity index (χ3n) is 4.19. The predicted molar refractivity (Wildman–Crippen MR) is 107 cm³/mol. The molecule has 7 nitrogen and oxygen atoms in total. The van der Waals surface area contributed by atoms with Gasteiger partial charge in [-0.25, -0.2) is 9.59 Å². The van der Waals surface area contributed by atoms with E-state index in [1.54, 1.807) is 24.3 Å². The standard InChI is InChI=1S/C22H22N2O5/c1-22(2)28-20(26)18(21(27)29-22)14-24-17-10-8-16(9-11-17)19(25)23-13-12-15-6-4-3-5-7-15/h3-11,14,24H,12-13H2,1-2H3,(H,23,25). The highest BCUT2D eigenvalue weighted by Gasteiger charge is 2.38. The van der Waals surface area contributed by atoms with Gasteiger partial charge in [0.1, 0.15) is 0 Å². The van der Waals surface area contributed by atoms with Crippen LogP contribution in [0.3, 0.4) is 0 Å².